The minimum Gasteiger partial charge on any atom is -0.478 e. The molecule has 0 aliphatic carbocycles. The molecule has 1 unspecified atom stereocenters. The van der Waals surface area contributed by atoms with E-state index in [1.54, 1.807) is 24.3 Å². The van der Waals surface area contributed by atoms with Gasteiger partial charge in [-0.05, 0) is 48.7 Å². The van der Waals surface area contributed by atoms with Crippen LogP contribution in [0.5, 0.6) is 0 Å². The molecule has 0 saturated heterocycles. The molecule has 0 radical (unpaired) electrons. The predicted molar refractivity (Wildman–Crippen MR) is 90.4 cm³/mol. The first-order valence-corrected chi connectivity index (χ1v) is 8.63. The Morgan fingerprint density at radius 3 is 2.39 bits per heavy atom. The molecule has 1 atom stereocenters. The van der Waals surface area contributed by atoms with E-state index in [0.29, 0.717) is 11.1 Å². The number of aromatic carboxylic acids is 1. The summed E-state index contributed by atoms with van der Waals surface area (Å²) in [6.07, 6.45) is 0. The summed E-state index contributed by atoms with van der Waals surface area (Å²) >= 11 is 0. The molecule has 23 heavy (non-hydrogen) atoms. The highest BCUT2D eigenvalue weighted by Gasteiger charge is 2.13. The number of carboxylic acid groups (broad SMARTS) is 1. The van der Waals surface area contributed by atoms with Crippen molar-refractivity contribution in [2.75, 3.05) is 5.75 Å². The molecule has 0 saturated carbocycles. The van der Waals surface area contributed by atoms with E-state index in [2.05, 4.69) is 0 Å². The first-order valence-electron chi connectivity index (χ1n) is 7.14. The van der Waals surface area contributed by atoms with Gasteiger partial charge < -0.3 is 5.11 Å². The van der Waals surface area contributed by atoms with Crippen LogP contribution < -0.4 is 0 Å². The molecule has 120 valence electrons. The van der Waals surface area contributed by atoms with Crippen LogP contribution >= 0.6 is 0 Å². The van der Waals surface area contributed by atoms with Crippen molar-refractivity contribution < 1.29 is 18.9 Å². The fourth-order valence-electron chi connectivity index (χ4n) is 2.18. The molecule has 4 nitrogen and oxygen atoms in total. The van der Waals surface area contributed by atoms with Crippen LogP contribution in [0.25, 0.3) is 0 Å². The Morgan fingerprint density at radius 1 is 1.00 bits per heavy atom. The third-order valence-corrected chi connectivity index (χ3v) is 4.86. The van der Waals surface area contributed by atoms with Crippen LogP contribution in [0, 0.1) is 13.8 Å². The Hall–Kier alpha value is -2.27. The molecule has 0 spiro atoms. The van der Waals surface area contributed by atoms with Crippen molar-refractivity contribution >= 4 is 22.6 Å². The van der Waals surface area contributed by atoms with Gasteiger partial charge in [-0.15, -0.1) is 0 Å². The van der Waals surface area contributed by atoms with Gasteiger partial charge in [-0.25, -0.2) is 4.79 Å². The van der Waals surface area contributed by atoms with Gasteiger partial charge in [0.05, 0.1) is 11.3 Å². The van der Waals surface area contributed by atoms with E-state index in [0.717, 1.165) is 11.1 Å². The van der Waals surface area contributed by atoms with Crippen LogP contribution in [-0.4, -0.2) is 26.8 Å². The van der Waals surface area contributed by atoms with Gasteiger partial charge in [0.1, 0.15) is 0 Å². The normalized spacial score (nSPS) is 11.9. The maximum Gasteiger partial charge on any atom is 0.335 e. The van der Waals surface area contributed by atoms with Crippen molar-refractivity contribution in [1.82, 2.24) is 0 Å². The third kappa shape index (κ3) is 4.60. The zero-order valence-corrected chi connectivity index (χ0v) is 13.9. The number of Topliss-reactive ketones (excluding diaryl/α,β-unsaturated/α-hetero) is 1. The van der Waals surface area contributed by atoms with Gasteiger partial charge in [-0.1, -0.05) is 24.3 Å². The minimum atomic E-state index is -1.38. The molecule has 0 aliphatic heterocycles. The highest BCUT2D eigenvalue weighted by atomic mass is 32.2. The molecule has 0 bridgehead atoms. The lowest BCUT2D eigenvalue weighted by molar-refractivity contribution is 0.0696. The molecule has 0 amide bonds. The second-order valence-corrected chi connectivity index (χ2v) is 6.91. The Labute approximate surface area is 137 Å². The Bertz CT molecular complexity index is 780. The molecule has 5 heteroatoms. The predicted octanol–water partition coefficient (Wildman–Crippen LogP) is 3.13. The van der Waals surface area contributed by atoms with E-state index in [-0.39, 0.29) is 22.9 Å². The summed E-state index contributed by atoms with van der Waals surface area (Å²) in [6.45, 7) is 3.90. The van der Waals surface area contributed by atoms with E-state index >= 15 is 0 Å². The molecule has 2 aromatic carbocycles. The topological polar surface area (TPSA) is 71.4 Å². The molecule has 2 aromatic rings. The van der Waals surface area contributed by atoms with E-state index in [9.17, 15) is 13.8 Å². The van der Waals surface area contributed by atoms with Gasteiger partial charge in [0.2, 0.25) is 0 Å². The van der Waals surface area contributed by atoms with Crippen molar-refractivity contribution in [3.63, 3.8) is 0 Å². The number of hydrogen-bond donors (Lipinski definition) is 1. The van der Waals surface area contributed by atoms with E-state index in [4.69, 9.17) is 5.11 Å². The summed E-state index contributed by atoms with van der Waals surface area (Å²) in [5.74, 6) is -1.10. The summed E-state index contributed by atoms with van der Waals surface area (Å²) in [5, 5.41) is 8.96. The maximum absolute atomic E-state index is 12.2. The molecule has 0 aromatic heterocycles. The largest absolute Gasteiger partial charge is 0.478 e. The monoisotopic (exact) mass is 330 g/mol. The number of ketones is 1. The van der Waals surface area contributed by atoms with Crippen LogP contribution in [0.3, 0.4) is 0 Å². The lowest BCUT2D eigenvalue weighted by atomic mass is 10.0. The van der Waals surface area contributed by atoms with Crippen LogP contribution in [0.2, 0.25) is 0 Å². The third-order valence-electron chi connectivity index (χ3n) is 3.62. The summed E-state index contributed by atoms with van der Waals surface area (Å²) in [5.41, 5.74) is 3.49. The van der Waals surface area contributed by atoms with Crippen LogP contribution in [0.1, 0.15) is 37.4 Å². The molecule has 0 aliphatic rings. The summed E-state index contributed by atoms with van der Waals surface area (Å²) < 4.78 is 12.2. The highest BCUT2D eigenvalue weighted by Crippen LogP contribution is 2.12. The number of carboxylic acids is 1. The lowest BCUT2D eigenvalue weighted by Crippen LogP contribution is -2.13. The number of carbonyl (C=O) groups excluding carboxylic acids is 1. The summed E-state index contributed by atoms with van der Waals surface area (Å²) in [7, 11) is -1.38. The van der Waals surface area contributed by atoms with Gasteiger partial charge in [0.25, 0.3) is 0 Å². The number of benzene rings is 2. The van der Waals surface area contributed by atoms with Crippen molar-refractivity contribution in [1.29, 1.82) is 0 Å². The standard InChI is InChI=1S/C18H18O4S/c1-12-6-7-15(8-13(12)2)17(19)11-23(22)10-14-4-3-5-16(9-14)18(20)21/h3-9H,10-11H2,1-2H3,(H,20,21). The second-order valence-electron chi connectivity index (χ2n) is 5.46. The zero-order chi connectivity index (χ0) is 17.0. The summed E-state index contributed by atoms with van der Waals surface area (Å²) in [6, 6.07) is 11.7. The summed E-state index contributed by atoms with van der Waals surface area (Å²) in [4.78, 5) is 23.1. The fourth-order valence-corrected chi connectivity index (χ4v) is 3.29. The van der Waals surface area contributed by atoms with Gasteiger partial charge >= 0.3 is 5.97 Å². The Kier molecular flexibility index (Phi) is 5.45. The zero-order valence-electron chi connectivity index (χ0n) is 13.0. The first-order chi connectivity index (χ1) is 10.9. The fraction of sp³-hybridized carbons (Fsp3) is 0.222. The van der Waals surface area contributed by atoms with E-state index in [1.165, 1.54) is 12.1 Å². The van der Waals surface area contributed by atoms with Crippen molar-refractivity contribution in [2.24, 2.45) is 0 Å². The number of hydrogen-bond acceptors (Lipinski definition) is 3. The quantitative estimate of drug-likeness (QED) is 0.826. The smallest absolute Gasteiger partial charge is 0.335 e. The van der Waals surface area contributed by atoms with E-state index < -0.39 is 16.8 Å². The van der Waals surface area contributed by atoms with Crippen LogP contribution in [0.15, 0.2) is 42.5 Å². The van der Waals surface area contributed by atoms with Gasteiger partial charge in [-0.3, -0.25) is 9.00 Å². The Balaban J connectivity index is 2.04. The van der Waals surface area contributed by atoms with Crippen molar-refractivity contribution in [2.45, 2.75) is 19.6 Å². The van der Waals surface area contributed by atoms with Crippen LogP contribution in [0.4, 0.5) is 0 Å². The minimum absolute atomic E-state index is 0.0696. The molecule has 2 rings (SSSR count). The number of rotatable bonds is 6. The van der Waals surface area contributed by atoms with Crippen molar-refractivity contribution in [3.05, 3.63) is 70.3 Å². The average molecular weight is 330 g/mol. The lowest BCUT2D eigenvalue weighted by Gasteiger charge is -2.06. The maximum atomic E-state index is 12.2. The Morgan fingerprint density at radius 2 is 1.74 bits per heavy atom. The second kappa shape index (κ2) is 7.33. The number of carbonyl (C=O) groups is 2. The van der Waals surface area contributed by atoms with E-state index in [1.807, 2.05) is 19.9 Å². The first kappa shape index (κ1) is 17.1. The molecular weight excluding hydrogens is 312 g/mol. The molecule has 1 N–H and O–H groups in total. The van der Waals surface area contributed by atoms with Crippen LogP contribution in [-0.2, 0) is 16.6 Å². The number of aryl methyl sites for hydroxylation is 2. The van der Waals surface area contributed by atoms with Gasteiger partial charge in [0, 0.05) is 22.1 Å². The molecule has 0 heterocycles. The highest BCUT2D eigenvalue weighted by molar-refractivity contribution is 7.85. The van der Waals surface area contributed by atoms with Gasteiger partial charge in [0.15, 0.2) is 5.78 Å². The molecular formula is C18H18O4S. The van der Waals surface area contributed by atoms with Crippen molar-refractivity contribution in [3.8, 4) is 0 Å². The molecule has 0 fully saturated rings. The SMILES string of the molecule is Cc1ccc(C(=O)CS(=O)Cc2cccc(C(=O)O)c2)cc1C. The van der Waals surface area contributed by atoms with Gasteiger partial charge in [-0.2, -0.15) is 0 Å². The average Bonchev–Trinajstić information content (AvgIpc) is 2.50.